The van der Waals surface area contributed by atoms with Gasteiger partial charge in [0.15, 0.2) is 0 Å². The van der Waals surface area contributed by atoms with Crippen LogP contribution >= 0.6 is 0 Å². The molecular weight excluding hydrogens is 192 g/mol. The van der Waals surface area contributed by atoms with Crippen molar-refractivity contribution in [2.75, 3.05) is 39.4 Å². The lowest BCUT2D eigenvalue weighted by molar-refractivity contribution is -0.121. The molecule has 0 bridgehead atoms. The van der Waals surface area contributed by atoms with Gasteiger partial charge < -0.3 is 10.1 Å². The monoisotopic (exact) mass is 214 g/mol. The molecule has 1 aliphatic heterocycles. The molecule has 1 aliphatic rings. The molecule has 0 spiro atoms. The Labute approximate surface area is 92.0 Å². The lowest BCUT2D eigenvalue weighted by Crippen LogP contribution is -2.41. The third kappa shape index (κ3) is 5.74. The lowest BCUT2D eigenvalue weighted by Gasteiger charge is -2.26. The second kappa shape index (κ2) is 6.80. The van der Waals surface area contributed by atoms with Crippen molar-refractivity contribution in [1.29, 1.82) is 0 Å². The van der Waals surface area contributed by atoms with Gasteiger partial charge in [-0.05, 0) is 5.92 Å². The SMILES string of the molecule is CC(C)CC(=O)NCCN1CCOCC1. The first-order valence-electron chi connectivity index (χ1n) is 5.75. The summed E-state index contributed by atoms with van der Waals surface area (Å²) in [6.07, 6.45) is 0.628. The Morgan fingerprint density at radius 2 is 2.07 bits per heavy atom. The van der Waals surface area contributed by atoms with Crippen molar-refractivity contribution in [3.05, 3.63) is 0 Å². The van der Waals surface area contributed by atoms with Crippen LogP contribution in [0.5, 0.6) is 0 Å². The fourth-order valence-electron chi connectivity index (χ4n) is 1.62. The predicted molar refractivity (Wildman–Crippen MR) is 59.7 cm³/mol. The Kier molecular flexibility index (Phi) is 5.65. The fraction of sp³-hybridized carbons (Fsp3) is 0.909. The molecule has 0 unspecified atom stereocenters. The van der Waals surface area contributed by atoms with Crippen molar-refractivity contribution in [2.45, 2.75) is 20.3 Å². The van der Waals surface area contributed by atoms with Crippen LogP contribution < -0.4 is 5.32 Å². The highest BCUT2D eigenvalue weighted by atomic mass is 16.5. The number of hydrogen-bond donors (Lipinski definition) is 1. The van der Waals surface area contributed by atoms with Crippen LogP contribution in [0.1, 0.15) is 20.3 Å². The number of hydrogen-bond acceptors (Lipinski definition) is 3. The Morgan fingerprint density at radius 3 is 2.67 bits per heavy atom. The first kappa shape index (κ1) is 12.5. The molecule has 0 aromatic carbocycles. The quantitative estimate of drug-likeness (QED) is 0.724. The Morgan fingerprint density at radius 1 is 1.40 bits per heavy atom. The zero-order valence-electron chi connectivity index (χ0n) is 9.79. The number of nitrogens with one attached hydrogen (secondary N) is 1. The molecule has 0 aromatic rings. The van der Waals surface area contributed by atoms with Crippen LogP contribution in [0, 0.1) is 5.92 Å². The zero-order chi connectivity index (χ0) is 11.1. The standard InChI is InChI=1S/C11H22N2O2/c1-10(2)9-11(14)12-3-4-13-5-7-15-8-6-13/h10H,3-9H2,1-2H3,(H,12,14). The fourth-order valence-corrected chi connectivity index (χ4v) is 1.62. The highest BCUT2D eigenvalue weighted by Crippen LogP contribution is 1.98. The molecule has 15 heavy (non-hydrogen) atoms. The summed E-state index contributed by atoms with van der Waals surface area (Å²) in [7, 11) is 0. The van der Waals surface area contributed by atoms with Gasteiger partial charge in [0.25, 0.3) is 0 Å². The molecule has 0 atom stereocenters. The van der Waals surface area contributed by atoms with E-state index in [1.165, 1.54) is 0 Å². The molecule has 88 valence electrons. The second-order valence-corrected chi connectivity index (χ2v) is 4.40. The van der Waals surface area contributed by atoms with Crippen LogP contribution in [-0.4, -0.2) is 50.2 Å². The molecule has 1 N–H and O–H groups in total. The Bertz CT molecular complexity index is 189. The van der Waals surface area contributed by atoms with Gasteiger partial charge >= 0.3 is 0 Å². The van der Waals surface area contributed by atoms with E-state index in [9.17, 15) is 4.79 Å². The van der Waals surface area contributed by atoms with Crippen LogP contribution in [0.4, 0.5) is 0 Å². The van der Waals surface area contributed by atoms with E-state index in [1.807, 2.05) is 0 Å². The molecule has 1 fully saturated rings. The highest BCUT2D eigenvalue weighted by molar-refractivity contribution is 5.75. The third-order valence-corrected chi connectivity index (χ3v) is 2.45. The summed E-state index contributed by atoms with van der Waals surface area (Å²) in [6.45, 7) is 9.42. The molecule has 1 heterocycles. The minimum absolute atomic E-state index is 0.165. The summed E-state index contributed by atoms with van der Waals surface area (Å²) < 4.78 is 5.25. The van der Waals surface area contributed by atoms with Crippen molar-refractivity contribution in [1.82, 2.24) is 10.2 Å². The number of morpholine rings is 1. The molecule has 0 saturated carbocycles. The number of ether oxygens (including phenoxy) is 1. The first-order chi connectivity index (χ1) is 7.18. The summed E-state index contributed by atoms with van der Waals surface area (Å²) in [5, 5.41) is 2.94. The molecular formula is C11H22N2O2. The maximum atomic E-state index is 11.3. The average Bonchev–Trinajstić information content (AvgIpc) is 2.18. The van der Waals surface area contributed by atoms with Crippen LogP contribution in [0.15, 0.2) is 0 Å². The van der Waals surface area contributed by atoms with E-state index in [2.05, 4.69) is 24.1 Å². The Balaban J connectivity index is 2.02. The predicted octanol–water partition coefficient (Wildman–Crippen LogP) is 0.481. The Hall–Kier alpha value is -0.610. The lowest BCUT2D eigenvalue weighted by atomic mass is 10.1. The van der Waals surface area contributed by atoms with Crippen molar-refractivity contribution >= 4 is 5.91 Å². The minimum atomic E-state index is 0.165. The van der Waals surface area contributed by atoms with E-state index < -0.39 is 0 Å². The number of amides is 1. The van der Waals surface area contributed by atoms with Gasteiger partial charge in [-0.15, -0.1) is 0 Å². The van der Waals surface area contributed by atoms with Crippen molar-refractivity contribution in [3.63, 3.8) is 0 Å². The van der Waals surface area contributed by atoms with Gasteiger partial charge in [-0.1, -0.05) is 13.8 Å². The summed E-state index contributed by atoms with van der Waals surface area (Å²) in [5.41, 5.74) is 0. The van der Waals surface area contributed by atoms with Gasteiger partial charge in [0.1, 0.15) is 0 Å². The van der Waals surface area contributed by atoms with Crippen LogP contribution in [0.3, 0.4) is 0 Å². The summed E-state index contributed by atoms with van der Waals surface area (Å²) in [4.78, 5) is 13.7. The second-order valence-electron chi connectivity index (χ2n) is 4.40. The molecule has 4 nitrogen and oxygen atoms in total. The van der Waals surface area contributed by atoms with Crippen LogP contribution in [0.2, 0.25) is 0 Å². The van der Waals surface area contributed by atoms with E-state index in [-0.39, 0.29) is 5.91 Å². The maximum absolute atomic E-state index is 11.3. The van der Waals surface area contributed by atoms with Gasteiger partial charge in [-0.25, -0.2) is 0 Å². The zero-order valence-corrected chi connectivity index (χ0v) is 9.79. The van der Waals surface area contributed by atoms with Gasteiger partial charge in [0.05, 0.1) is 13.2 Å². The minimum Gasteiger partial charge on any atom is -0.379 e. The van der Waals surface area contributed by atoms with E-state index in [0.29, 0.717) is 12.3 Å². The normalized spacial score (nSPS) is 18.1. The number of nitrogens with zero attached hydrogens (tertiary/aromatic N) is 1. The smallest absolute Gasteiger partial charge is 0.220 e. The number of rotatable bonds is 5. The van der Waals surface area contributed by atoms with Crippen LogP contribution in [0.25, 0.3) is 0 Å². The van der Waals surface area contributed by atoms with Crippen LogP contribution in [-0.2, 0) is 9.53 Å². The molecule has 1 saturated heterocycles. The highest BCUT2D eigenvalue weighted by Gasteiger charge is 2.10. The van der Waals surface area contributed by atoms with Gasteiger partial charge in [0.2, 0.25) is 5.91 Å². The van der Waals surface area contributed by atoms with Crippen molar-refractivity contribution in [3.8, 4) is 0 Å². The number of carbonyl (C=O) groups is 1. The van der Waals surface area contributed by atoms with Gasteiger partial charge in [-0.3, -0.25) is 9.69 Å². The van der Waals surface area contributed by atoms with E-state index >= 15 is 0 Å². The molecule has 4 heteroatoms. The van der Waals surface area contributed by atoms with Gasteiger partial charge in [-0.2, -0.15) is 0 Å². The largest absolute Gasteiger partial charge is 0.379 e. The molecule has 0 radical (unpaired) electrons. The molecule has 1 amide bonds. The van der Waals surface area contributed by atoms with E-state index in [0.717, 1.165) is 39.4 Å². The summed E-state index contributed by atoms with van der Waals surface area (Å²) in [5.74, 6) is 0.603. The third-order valence-electron chi connectivity index (χ3n) is 2.45. The molecule has 0 aromatic heterocycles. The number of carbonyl (C=O) groups excluding carboxylic acids is 1. The average molecular weight is 214 g/mol. The maximum Gasteiger partial charge on any atom is 0.220 e. The topological polar surface area (TPSA) is 41.6 Å². The van der Waals surface area contributed by atoms with E-state index in [4.69, 9.17) is 4.74 Å². The van der Waals surface area contributed by atoms with Gasteiger partial charge in [0, 0.05) is 32.6 Å². The van der Waals surface area contributed by atoms with Crippen molar-refractivity contribution < 1.29 is 9.53 Å². The summed E-state index contributed by atoms with van der Waals surface area (Å²) in [6, 6.07) is 0. The summed E-state index contributed by atoms with van der Waals surface area (Å²) >= 11 is 0. The molecule has 0 aliphatic carbocycles. The van der Waals surface area contributed by atoms with E-state index in [1.54, 1.807) is 0 Å². The molecule has 1 rings (SSSR count). The van der Waals surface area contributed by atoms with Crippen molar-refractivity contribution in [2.24, 2.45) is 5.92 Å². The first-order valence-corrected chi connectivity index (χ1v) is 5.75.